The molecule has 0 saturated heterocycles. The van der Waals surface area contributed by atoms with Crippen molar-refractivity contribution in [3.05, 3.63) is 60.9 Å². The molecule has 0 aliphatic rings. The van der Waals surface area contributed by atoms with Gasteiger partial charge in [-0.25, -0.2) is 8.42 Å². The lowest BCUT2D eigenvalue weighted by Crippen LogP contribution is -2.38. The zero-order chi connectivity index (χ0) is 20.9. The lowest BCUT2D eigenvalue weighted by atomic mass is 10.2. The van der Waals surface area contributed by atoms with E-state index < -0.39 is 15.9 Å². The Morgan fingerprint density at radius 2 is 1.90 bits per heavy atom. The van der Waals surface area contributed by atoms with Crippen LogP contribution in [0.1, 0.15) is 13.3 Å². The van der Waals surface area contributed by atoms with Crippen LogP contribution in [0.4, 0.5) is 5.69 Å². The van der Waals surface area contributed by atoms with Gasteiger partial charge in [-0.1, -0.05) is 19.1 Å². The van der Waals surface area contributed by atoms with E-state index >= 15 is 0 Å². The van der Waals surface area contributed by atoms with E-state index in [2.05, 4.69) is 10.3 Å². The maximum Gasteiger partial charge on any atom is 0.244 e. The van der Waals surface area contributed by atoms with Gasteiger partial charge in [0.25, 0.3) is 0 Å². The minimum absolute atomic E-state index is 0.170. The number of aromatic nitrogens is 1. The average molecular weight is 413 g/mol. The molecule has 1 N–H and O–H groups in total. The van der Waals surface area contributed by atoms with Crippen molar-refractivity contribution in [3.63, 3.8) is 0 Å². The molecule has 0 radical (unpaired) electrons. The summed E-state index contributed by atoms with van der Waals surface area (Å²) in [5.74, 6) is 0.262. The highest BCUT2D eigenvalue weighted by molar-refractivity contribution is 7.89. The lowest BCUT2D eigenvalue weighted by molar-refractivity contribution is -0.116. The molecule has 1 aromatic heterocycles. The number of amides is 1. The van der Waals surface area contributed by atoms with Gasteiger partial charge in [-0.2, -0.15) is 4.31 Å². The van der Waals surface area contributed by atoms with Crippen molar-refractivity contribution < 1.29 is 17.9 Å². The summed E-state index contributed by atoms with van der Waals surface area (Å²) in [4.78, 5) is 16.7. The van der Waals surface area contributed by atoms with Gasteiger partial charge in [0.05, 0.1) is 18.6 Å². The first kappa shape index (κ1) is 20.8. The second-order valence-corrected chi connectivity index (χ2v) is 8.37. The molecule has 3 aromatic rings. The van der Waals surface area contributed by atoms with Gasteiger partial charge in [-0.15, -0.1) is 0 Å². The molecule has 0 aliphatic carbocycles. The van der Waals surface area contributed by atoms with Crippen LogP contribution >= 0.6 is 0 Å². The van der Waals surface area contributed by atoms with Crippen molar-refractivity contribution in [2.45, 2.75) is 18.2 Å². The van der Waals surface area contributed by atoms with Gasteiger partial charge in [0.2, 0.25) is 15.9 Å². The van der Waals surface area contributed by atoms with E-state index in [0.717, 1.165) is 5.39 Å². The highest BCUT2D eigenvalue weighted by Crippen LogP contribution is 2.25. The molecule has 0 aliphatic heterocycles. The van der Waals surface area contributed by atoms with Gasteiger partial charge >= 0.3 is 0 Å². The summed E-state index contributed by atoms with van der Waals surface area (Å²) < 4.78 is 32.9. The third-order valence-electron chi connectivity index (χ3n) is 4.43. The van der Waals surface area contributed by atoms with Crippen molar-refractivity contribution >= 4 is 32.4 Å². The molecule has 152 valence electrons. The summed E-state index contributed by atoms with van der Waals surface area (Å²) in [5, 5.41) is 4.04. The largest absolute Gasteiger partial charge is 0.497 e. The molecule has 0 fully saturated rings. The van der Waals surface area contributed by atoms with Crippen LogP contribution in [0.2, 0.25) is 0 Å². The second-order valence-electron chi connectivity index (χ2n) is 6.47. The first-order valence-corrected chi connectivity index (χ1v) is 10.7. The van der Waals surface area contributed by atoms with Crippen molar-refractivity contribution in [3.8, 4) is 5.75 Å². The number of anilines is 1. The highest BCUT2D eigenvalue weighted by Gasteiger charge is 2.27. The summed E-state index contributed by atoms with van der Waals surface area (Å²) in [7, 11) is -2.30. The van der Waals surface area contributed by atoms with Crippen LogP contribution < -0.4 is 10.1 Å². The Labute approximate surface area is 170 Å². The summed E-state index contributed by atoms with van der Waals surface area (Å²) in [6.07, 6.45) is 3.76. The van der Waals surface area contributed by atoms with Crippen LogP contribution in [0.25, 0.3) is 10.8 Å². The number of sulfonamides is 1. The Morgan fingerprint density at radius 3 is 2.59 bits per heavy atom. The normalized spacial score (nSPS) is 11.6. The standard InChI is InChI=1S/C21H23N3O4S/c1-3-13-24(15-21(25)23-17-7-9-18(28-2)10-8-17)29(26,27)20-6-4-5-16-14-22-12-11-19(16)20/h4-12,14H,3,13,15H2,1-2H3,(H,23,25). The van der Waals surface area contributed by atoms with E-state index in [1.807, 2.05) is 13.0 Å². The van der Waals surface area contributed by atoms with Gasteiger partial charge in [-0.3, -0.25) is 9.78 Å². The fraction of sp³-hybridized carbons (Fsp3) is 0.238. The Morgan fingerprint density at radius 1 is 1.14 bits per heavy atom. The minimum Gasteiger partial charge on any atom is -0.497 e. The van der Waals surface area contributed by atoms with E-state index in [-0.39, 0.29) is 18.0 Å². The zero-order valence-corrected chi connectivity index (χ0v) is 17.1. The predicted octanol–water partition coefficient (Wildman–Crippen LogP) is 3.28. The molecule has 0 unspecified atom stereocenters. The predicted molar refractivity (Wildman–Crippen MR) is 112 cm³/mol. The zero-order valence-electron chi connectivity index (χ0n) is 16.3. The van der Waals surface area contributed by atoms with E-state index in [0.29, 0.717) is 23.2 Å². The number of carbonyl (C=O) groups excluding carboxylic acids is 1. The molecule has 1 amide bonds. The van der Waals surface area contributed by atoms with E-state index in [4.69, 9.17) is 4.74 Å². The van der Waals surface area contributed by atoms with Crippen molar-refractivity contribution in [2.75, 3.05) is 25.5 Å². The first-order chi connectivity index (χ1) is 14.0. The van der Waals surface area contributed by atoms with Crippen molar-refractivity contribution in [1.82, 2.24) is 9.29 Å². The molecule has 2 aromatic carbocycles. The third-order valence-corrected chi connectivity index (χ3v) is 6.33. The van der Waals surface area contributed by atoms with E-state index in [1.165, 1.54) is 4.31 Å². The van der Waals surface area contributed by atoms with Crippen molar-refractivity contribution in [2.24, 2.45) is 0 Å². The monoisotopic (exact) mass is 413 g/mol. The maximum atomic E-state index is 13.3. The molecule has 7 nitrogen and oxygen atoms in total. The highest BCUT2D eigenvalue weighted by atomic mass is 32.2. The van der Waals surface area contributed by atoms with Gasteiger partial charge in [0, 0.05) is 35.4 Å². The number of hydrogen-bond acceptors (Lipinski definition) is 5. The van der Waals surface area contributed by atoms with Crippen LogP contribution in [0.15, 0.2) is 65.8 Å². The quantitative estimate of drug-likeness (QED) is 0.612. The molecule has 0 bridgehead atoms. The maximum absolute atomic E-state index is 13.3. The van der Waals surface area contributed by atoms with Gasteiger partial charge in [-0.05, 0) is 42.8 Å². The summed E-state index contributed by atoms with van der Waals surface area (Å²) in [6.45, 7) is 1.83. The molecule has 0 saturated carbocycles. The lowest BCUT2D eigenvalue weighted by Gasteiger charge is -2.22. The summed E-state index contributed by atoms with van der Waals surface area (Å²) in [5.41, 5.74) is 0.570. The van der Waals surface area contributed by atoms with Crippen molar-refractivity contribution in [1.29, 1.82) is 0 Å². The Bertz CT molecular complexity index is 1090. The number of methoxy groups -OCH3 is 1. The smallest absolute Gasteiger partial charge is 0.244 e. The molecule has 1 heterocycles. The van der Waals surface area contributed by atoms with Gasteiger partial charge < -0.3 is 10.1 Å². The number of carbonyl (C=O) groups is 1. The molecule has 29 heavy (non-hydrogen) atoms. The molecular weight excluding hydrogens is 390 g/mol. The Hall–Kier alpha value is -2.97. The second kappa shape index (κ2) is 9.02. The van der Waals surface area contributed by atoms with Gasteiger partial charge in [0.15, 0.2) is 0 Å². The number of nitrogens with one attached hydrogen (secondary N) is 1. The number of ether oxygens (including phenoxy) is 1. The fourth-order valence-corrected chi connectivity index (χ4v) is 4.73. The summed E-state index contributed by atoms with van der Waals surface area (Å²) >= 11 is 0. The van der Waals surface area contributed by atoms with Crippen LogP contribution in [0, 0.1) is 0 Å². The Balaban J connectivity index is 1.84. The number of rotatable bonds is 8. The molecule has 0 spiro atoms. The first-order valence-electron chi connectivity index (χ1n) is 9.22. The van der Waals surface area contributed by atoms with E-state index in [1.54, 1.807) is 62.0 Å². The molecular formula is C21H23N3O4S. The van der Waals surface area contributed by atoms with E-state index in [9.17, 15) is 13.2 Å². The van der Waals surface area contributed by atoms with Gasteiger partial charge in [0.1, 0.15) is 5.75 Å². The Kier molecular flexibility index (Phi) is 6.46. The van der Waals surface area contributed by atoms with Crippen LogP contribution in [0.5, 0.6) is 5.75 Å². The number of fused-ring (bicyclic) bond motifs is 1. The third kappa shape index (κ3) is 4.72. The molecule has 0 atom stereocenters. The van der Waals surface area contributed by atoms with Crippen LogP contribution in [0.3, 0.4) is 0 Å². The van der Waals surface area contributed by atoms with Crippen LogP contribution in [-0.2, 0) is 14.8 Å². The average Bonchev–Trinajstić information content (AvgIpc) is 2.73. The minimum atomic E-state index is -3.86. The summed E-state index contributed by atoms with van der Waals surface area (Å²) in [6, 6.07) is 13.6. The molecule has 8 heteroatoms. The van der Waals surface area contributed by atoms with Crippen LogP contribution in [-0.4, -0.2) is 43.8 Å². The number of benzene rings is 2. The number of hydrogen-bond donors (Lipinski definition) is 1. The SMILES string of the molecule is CCCN(CC(=O)Nc1ccc(OC)cc1)S(=O)(=O)c1cccc2cnccc12. The number of pyridine rings is 1. The molecule has 3 rings (SSSR count). The number of nitrogens with zero attached hydrogens (tertiary/aromatic N) is 2. The fourth-order valence-electron chi connectivity index (χ4n) is 3.03. The topological polar surface area (TPSA) is 88.6 Å².